The Morgan fingerprint density at radius 2 is 1.11 bits per heavy atom. The van der Waals surface area contributed by atoms with Crippen molar-refractivity contribution in [3.63, 3.8) is 0 Å². The molecule has 0 amide bonds. The van der Waals surface area contributed by atoms with Gasteiger partial charge in [0.2, 0.25) is 0 Å². The maximum atomic E-state index is 11.6. The Labute approximate surface area is 172 Å². The van der Waals surface area contributed by atoms with Gasteiger partial charge in [0.25, 0.3) is 0 Å². The second kappa shape index (κ2) is 20.6. The first-order valence-corrected chi connectivity index (χ1v) is 11.5. The Balaban J connectivity index is 3.36. The quantitative estimate of drug-likeness (QED) is 0.190. The molecule has 0 rings (SSSR count). The van der Waals surface area contributed by atoms with Gasteiger partial charge in [-0.3, -0.25) is 0 Å². The molecule has 0 spiro atoms. The van der Waals surface area contributed by atoms with Crippen LogP contribution in [0, 0.1) is 5.92 Å². The molecule has 0 atom stereocenters. The Hall–Kier alpha value is -1.10. The van der Waals surface area contributed by atoms with Crippen molar-refractivity contribution in [2.24, 2.45) is 5.92 Å². The lowest BCUT2D eigenvalue weighted by Crippen LogP contribution is -2.20. The topological polar surface area (TPSA) is 61.8 Å². The minimum absolute atomic E-state index is 0.196. The highest BCUT2D eigenvalue weighted by Gasteiger charge is 2.10. The summed E-state index contributed by atoms with van der Waals surface area (Å²) in [6.45, 7) is 6.84. The molecule has 0 N–H and O–H groups in total. The minimum atomic E-state index is -0.426. The van der Waals surface area contributed by atoms with Gasteiger partial charge in [0.1, 0.15) is 13.2 Å². The summed E-state index contributed by atoms with van der Waals surface area (Å²) in [6, 6.07) is 0. The normalized spacial score (nSPS) is 11.0. The Bertz CT molecular complexity index is 366. The van der Waals surface area contributed by atoms with E-state index < -0.39 is 11.9 Å². The van der Waals surface area contributed by atoms with Gasteiger partial charge in [-0.15, -0.1) is 0 Å². The second-order valence-corrected chi connectivity index (χ2v) is 7.61. The van der Waals surface area contributed by atoms with Gasteiger partial charge in [0.05, 0.1) is 13.2 Å². The summed E-state index contributed by atoms with van der Waals surface area (Å²) in [5.41, 5.74) is 0. The van der Waals surface area contributed by atoms with Gasteiger partial charge in [-0.2, -0.15) is 0 Å². The van der Waals surface area contributed by atoms with E-state index in [4.69, 9.17) is 14.2 Å². The van der Waals surface area contributed by atoms with Gasteiger partial charge in [0.15, 0.2) is 0 Å². The van der Waals surface area contributed by atoms with Crippen molar-refractivity contribution in [1.29, 1.82) is 0 Å². The summed E-state index contributed by atoms with van der Waals surface area (Å²) in [7, 11) is 0. The Morgan fingerprint density at radius 1 is 0.643 bits per heavy atom. The Kier molecular flexibility index (Phi) is 19.8. The molecular weight excluding hydrogens is 356 g/mol. The van der Waals surface area contributed by atoms with Crippen LogP contribution in [0.4, 0.5) is 0 Å². The van der Waals surface area contributed by atoms with Crippen molar-refractivity contribution in [3.8, 4) is 0 Å². The summed E-state index contributed by atoms with van der Waals surface area (Å²) in [5, 5.41) is 0. The molecule has 0 aromatic heterocycles. The number of unbranched alkanes of at least 4 members (excludes halogenated alkanes) is 10. The largest absolute Gasteiger partial charge is 0.464 e. The van der Waals surface area contributed by atoms with Crippen LogP contribution in [-0.2, 0) is 23.8 Å². The molecule has 0 aliphatic heterocycles. The van der Waals surface area contributed by atoms with Crippen molar-refractivity contribution in [2.75, 3.05) is 26.4 Å². The van der Waals surface area contributed by atoms with E-state index in [-0.39, 0.29) is 13.2 Å². The van der Waals surface area contributed by atoms with Crippen LogP contribution < -0.4 is 0 Å². The maximum absolute atomic E-state index is 11.6. The van der Waals surface area contributed by atoms with E-state index >= 15 is 0 Å². The lowest BCUT2D eigenvalue weighted by Gasteiger charge is -2.12. The molecule has 0 unspecified atom stereocenters. The zero-order valence-corrected chi connectivity index (χ0v) is 18.6. The molecule has 0 bridgehead atoms. The van der Waals surface area contributed by atoms with E-state index in [0.29, 0.717) is 19.1 Å². The number of esters is 2. The van der Waals surface area contributed by atoms with Crippen molar-refractivity contribution in [2.45, 2.75) is 104 Å². The first-order valence-electron chi connectivity index (χ1n) is 11.5. The highest BCUT2D eigenvalue weighted by molar-refractivity contribution is 5.73. The van der Waals surface area contributed by atoms with Crippen LogP contribution >= 0.6 is 0 Å². The first-order chi connectivity index (χ1) is 13.6. The number of carbonyl (C=O) groups excluding carboxylic acids is 2. The molecule has 5 nitrogen and oxygen atoms in total. The van der Waals surface area contributed by atoms with Gasteiger partial charge in [0, 0.05) is 0 Å². The smallest absolute Gasteiger partial charge is 0.332 e. The van der Waals surface area contributed by atoms with Gasteiger partial charge < -0.3 is 14.2 Å². The zero-order chi connectivity index (χ0) is 20.9. The molecule has 28 heavy (non-hydrogen) atoms. The average Bonchev–Trinajstić information content (AvgIpc) is 2.69. The first kappa shape index (κ1) is 26.9. The van der Waals surface area contributed by atoms with Crippen molar-refractivity contribution >= 4 is 11.9 Å². The average molecular weight is 401 g/mol. The van der Waals surface area contributed by atoms with Crippen LogP contribution in [0.1, 0.15) is 104 Å². The third kappa shape index (κ3) is 18.3. The van der Waals surface area contributed by atoms with Crippen LogP contribution in [0.5, 0.6) is 0 Å². The maximum Gasteiger partial charge on any atom is 0.332 e. The van der Waals surface area contributed by atoms with Crippen LogP contribution in [0.2, 0.25) is 0 Å². The van der Waals surface area contributed by atoms with Crippen molar-refractivity contribution in [1.82, 2.24) is 0 Å². The van der Waals surface area contributed by atoms with E-state index in [2.05, 4.69) is 20.8 Å². The van der Waals surface area contributed by atoms with Gasteiger partial charge in [-0.25, -0.2) is 9.59 Å². The molecule has 0 saturated heterocycles. The second-order valence-electron chi connectivity index (χ2n) is 7.61. The van der Waals surface area contributed by atoms with Gasteiger partial charge >= 0.3 is 11.9 Å². The zero-order valence-electron chi connectivity index (χ0n) is 18.6. The summed E-state index contributed by atoms with van der Waals surface area (Å²) >= 11 is 0. The molecule has 0 aliphatic rings. The minimum Gasteiger partial charge on any atom is -0.464 e. The van der Waals surface area contributed by atoms with E-state index in [1.165, 1.54) is 57.8 Å². The van der Waals surface area contributed by atoms with Crippen LogP contribution in [0.15, 0.2) is 0 Å². The third-order valence-electron chi connectivity index (χ3n) is 5.09. The number of carbonyl (C=O) groups is 2. The molecule has 0 saturated carbocycles. The molecule has 166 valence electrons. The molecule has 0 heterocycles. The fourth-order valence-electron chi connectivity index (χ4n) is 2.99. The highest BCUT2D eigenvalue weighted by atomic mass is 16.6. The monoisotopic (exact) mass is 400 g/mol. The number of rotatable bonds is 20. The molecule has 0 fully saturated rings. The summed E-state index contributed by atoms with van der Waals surface area (Å²) in [5.74, 6) is -0.454. The van der Waals surface area contributed by atoms with E-state index in [1.807, 2.05) is 0 Å². The fourth-order valence-corrected chi connectivity index (χ4v) is 2.99. The molecular formula is C23H44O5. The predicted octanol–water partition coefficient (Wildman–Crippen LogP) is 5.84. The summed E-state index contributed by atoms with van der Waals surface area (Å²) in [4.78, 5) is 23.1. The standard InChI is InChI=1S/C23H44O5/c1-4-7-8-9-10-11-12-13-14-15-16-17-27-22(24)19-26-20-23(25)28-18-21(5-2)6-3/h21H,4-20H2,1-3H3. The number of hydrogen-bond acceptors (Lipinski definition) is 5. The van der Waals surface area contributed by atoms with Crippen molar-refractivity contribution in [3.05, 3.63) is 0 Å². The third-order valence-corrected chi connectivity index (χ3v) is 5.09. The lowest BCUT2D eigenvalue weighted by molar-refractivity contribution is -0.156. The fraction of sp³-hybridized carbons (Fsp3) is 0.913. The lowest BCUT2D eigenvalue weighted by atomic mass is 10.1. The molecule has 0 aliphatic carbocycles. The molecule has 0 radical (unpaired) electrons. The summed E-state index contributed by atoms with van der Waals surface area (Å²) < 4.78 is 15.3. The van der Waals surface area contributed by atoms with E-state index in [9.17, 15) is 9.59 Å². The van der Waals surface area contributed by atoms with Crippen molar-refractivity contribution < 1.29 is 23.8 Å². The predicted molar refractivity (Wildman–Crippen MR) is 113 cm³/mol. The highest BCUT2D eigenvalue weighted by Crippen LogP contribution is 2.11. The SMILES string of the molecule is CCCCCCCCCCCCCOC(=O)COCC(=O)OCC(CC)CC. The van der Waals surface area contributed by atoms with Crippen LogP contribution in [0.25, 0.3) is 0 Å². The number of hydrogen-bond donors (Lipinski definition) is 0. The van der Waals surface area contributed by atoms with Crippen LogP contribution in [-0.4, -0.2) is 38.4 Å². The Morgan fingerprint density at radius 3 is 1.61 bits per heavy atom. The van der Waals surface area contributed by atoms with E-state index in [0.717, 1.165) is 25.7 Å². The molecule has 5 heteroatoms. The van der Waals surface area contributed by atoms with Crippen LogP contribution in [0.3, 0.4) is 0 Å². The molecule has 0 aromatic carbocycles. The van der Waals surface area contributed by atoms with Gasteiger partial charge in [-0.1, -0.05) is 97.8 Å². The van der Waals surface area contributed by atoms with E-state index in [1.54, 1.807) is 0 Å². The van der Waals surface area contributed by atoms with Gasteiger partial charge in [-0.05, 0) is 12.3 Å². The number of ether oxygens (including phenoxy) is 3. The summed E-state index contributed by atoms with van der Waals surface area (Å²) in [6.07, 6.45) is 15.9. The molecule has 0 aromatic rings.